The van der Waals surface area contributed by atoms with Crippen LogP contribution in [0.1, 0.15) is 23.2 Å². The number of likely N-dealkylation sites (tertiary alicyclic amines) is 1. The van der Waals surface area contributed by atoms with Crippen LogP contribution in [0.25, 0.3) is 0 Å². The molecule has 0 spiro atoms. The van der Waals surface area contributed by atoms with Crippen molar-refractivity contribution in [1.82, 2.24) is 4.90 Å². The zero-order valence-electron chi connectivity index (χ0n) is 11.0. The molecule has 0 bridgehead atoms. The first-order chi connectivity index (χ1) is 9.90. The van der Waals surface area contributed by atoms with E-state index >= 15 is 0 Å². The molecular weight excluding hydrogens is 391 g/mol. The molecule has 1 fully saturated rings. The van der Waals surface area contributed by atoms with Gasteiger partial charge in [-0.1, -0.05) is 0 Å². The van der Waals surface area contributed by atoms with Gasteiger partial charge < -0.3 is 10.0 Å². The third kappa shape index (κ3) is 3.49. The van der Waals surface area contributed by atoms with Crippen LogP contribution in [0.5, 0.6) is 0 Å². The van der Waals surface area contributed by atoms with E-state index in [0.29, 0.717) is 23.0 Å². The highest BCUT2D eigenvalue weighted by atomic mass is 127. The molecule has 8 heteroatoms. The molecule has 2 rings (SSSR count). The molecular formula is C13H13IN2O5. The van der Waals surface area contributed by atoms with Crippen molar-refractivity contribution in [1.29, 1.82) is 0 Å². The van der Waals surface area contributed by atoms with E-state index in [-0.39, 0.29) is 23.7 Å². The summed E-state index contributed by atoms with van der Waals surface area (Å²) in [5.41, 5.74) is 0.0985. The van der Waals surface area contributed by atoms with Crippen LogP contribution >= 0.6 is 22.6 Å². The lowest BCUT2D eigenvalue weighted by atomic mass is 9.97. The first-order valence-corrected chi connectivity index (χ1v) is 7.44. The summed E-state index contributed by atoms with van der Waals surface area (Å²) >= 11 is 1.94. The SMILES string of the molecule is O=C(O)[C@H]1CCCN(C(=O)c2cc([N+](=O)[O-])ccc2I)C1. The van der Waals surface area contributed by atoms with Crippen LogP contribution in [0.4, 0.5) is 5.69 Å². The molecule has 0 aliphatic carbocycles. The summed E-state index contributed by atoms with van der Waals surface area (Å²) in [5, 5.41) is 19.9. The Morgan fingerprint density at radius 1 is 1.43 bits per heavy atom. The zero-order valence-corrected chi connectivity index (χ0v) is 13.1. The highest BCUT2D eigenvalue weighted by Crippen LogP contribution is 2.24. The van der Waals surface area contributed by atoms with Crippen LogP contribution in [-0.4, -0.2) is 39.9 Å². The number of nitro benzene ring substituents is 1. The number of carbonyl (C=O) groups excluding carboxylic acids is 1. The molecule has 0 saturated carbocycles. The third-order valence-electron chi connectivity index (χ3n) is 3.45. The van der Waals surface area contributed by atoms with Gasteiger partial charge in [0.25, 0.3) is 11.6 Å². The Morgan fingerprint density at radius 2 is 2.14 bits per heavy atom. The summed E-state index contributed by atoms with van der Waals surface area (Å²) in [7, 11) is 0. The quantitative estimate of drug-likeness (QED) is 0.473. The van der Waals surface area contributed by atoms with Crippen molar-refractivity contribution < 1.29 is 19.6 Å². The third-order valence-corrected chi connectivity index (χ3v) is 4.39. The molecule has 0 unspecified atom stereocenters. The molecule has 21 heavy (non-hydrogen) atoms. The summed E-state index contributed by atoms with van der Waals surface area (Å²) < 4.78 is 0.612. The van der Waals surface area contributed by atoms with Crippen LogP contribution in [0.15, 0.2) is 18.2 Å². The number of halogens is 1. The van der Waals surface area contributed by atoms with E-state index in [2.05, 4.69) is 0 Å². The lowest BCUT2D eigenvalue weighted by Crippen LogP contribution is -2.42. The van der Waals surface area contributed by atoms with Crippen LogP contribution in [0.2, 0.25) is 0 Å². The van der Waals surface area contributed by atoms with Crippen LogP contribution < -0.4 is 0 Å². The van der Waals surface area contributed by atoms with E-state index in [0.717, 1.165) is 0 Å². The van der Waals surface area contributed by atoms with Crippen molar-refractivity contribution in [3.63, 3.8) is 0 Å². The Labute approximate surface area is 134 Å². The number of rotatable bonds is 3. The zero-order chi connectivity index (χ0) is 15.6. The summed E-state index contributed by atoms with van der Waals surface area (Å²) in [6.45, 7) is 0.619. The second-order valence-electron chi connectivity index (χ2n) is 4.85. The molecule has 1 amide bonds. The molecule has 1 N–H and O–H groups in total. The molecule has 0 radical (unpaired) electrons. The summed E-state index contributed by atoms with van der Waals surface area (Å²) in [5.74, 6) is -1.84. The van der Waals surface area contributed by atoms with E-state index in [9.17, 15) is 19.7 Å². The van der Waals surface area contributed by atoms with Crippen LogP contribution in [-0.2, 0) is 4.79 Å². The fraction of sp³-hybridized carbons (Fsp3) is 0.385. The minimum Gasteiger partial charge on any atom is -0.481 e. The van der Waals surface area contributed by atoms with Crippen LogP contribution in [0, 0.1) is 19.6 Å². The molecule has 1 aliphatic heterocycles. The number of piperidine rings is 1. The van der Waals surface area contributed by atoms with E-state index in [1.165, 1.54) is 23.1 Å². The van der Waals surface area contributed by atoms with Crippen molar-refractivity contribution in [3.05, 3.63) is 37.4 Å². The normalized spacial score (nSPS) is 18.3. The maximum atomic E-state index is 12.5. The van der Waals surface area contributed by atoms with Gasteiger partial charge in [0.05, 0.1) is 16.4 Å². The van der Waals surface area contributed by atoms with Gasteiger partial charge in [-0.3, -0.25) is 19.7 Å². The Hall–Kier alpha value is -1.71. The standard InChI is InChI=1S/C13H13IN2O5/c14-11-4-3-9(16(20)21)6-10(11)12(17)15-5-1-2-8(7-15)13(18)19/h3-4,6,8H,1-2,5,7H2,(H,18,19)/t8-/m0/s1. The number of carboxylic acid groups (broad SMARTS) is 1. The van der Waals surface area contributed by atoms with E-state index in [1.54, 1.807) is 0 Å². The average Bonchev–Trinajstić information content (AvgIpc) is 2.47. The molecule has 0 aromatic heterocycles. The van der Waals surface area contributed by atoms with Gasteiger partial charge in [-0.05, 0) is 41.5 Å². The van der Waals surface area contributed by atoms with E-state index in [4.69, 9.17) is 5.11 Å². The fourth-order valence-corrected chi connectivity index (χ4v) is 2.89. The number of aliphatic carboxylic acids is 1. The molecule has 1 aliphatic rings. The van der Waals surface area contributed by atoms with Crippen molar-refractivity contribution in [2.75, 3.05) is 13.1 Å². The number of amides is 1. The number of carbonyl (C=O) groups is 2. The lowest BCUT2D eigenvalue weighted by molar-refractivity contribution is -0.384. The van der Waals surface area contributed by atoms with Crippen molar-refractivity contribution >= 4 is 40.2 Å². The first kappa shape index (κ1) is 15.7. The predicted octanol–water partition coefficient (Wildman–Crippen LogP) is 2.14. The van der Waals surface area contributed by atoms with Gasteiger partial charge in [-0.15, -0.1) is 0 Å². The fourth-order valence-electron chi connectivity index (χ4n) is 2.32. The number of nitrogens with zero attached hydrogens (tertiary/aromatic N) is 2. The van der Waals surface area contributed by atoms with Gasteiger partial charge in [0.15, 0.2) is 0 Å². The van der Waals surface area contributed by atoms with Gasteiger partial charge in [-0.25, -0.2) is 0 Å². The lowest BCUT2D eigenvalue weighted by Gasteiger charge is -2.31. The molecule has 1 atom stereocenters. The first-order valence-electron chi connectivity index (χ1n) is 6.36. The number of benzene rings is 1. The number of hydrogen-bond acceptors (Lipinski definition) is 4. The maximum absolute atomic E-state index is 12.5. The van der Waals surface area contributed by atoms with E-state index < -0.39 is 16.8 Å². The smallest absolute Gasteiger partial charge is 0.308 e. The van der Waals surface area contributed by atoms with Crippen molar-refractivity contribution in [3.8, 4) is 0 Å². The van der Waals surface area contributed by atoms with Gasteiger partial charge >= 0.3 is 5.97 Å². The average molecular weight is 404 g/mol. The molecule has 7 nitrogen and oxygen atoms in total. The monoisotopic (exact) mass is 404 g/mol. The van der Waals surface area contributed by atoms with Crippen molar-refractivity contribution in [2.45, 2.75) is 12.8 Å². The second kappa shape index (κ2) is 6.37. The Morgan fingerprint density at radius 3 is 2.76 bits per heavy atom. The number of nitro groups is 1. The number of non-ortho nitro benzene ring substituents is 1. The minimum atomic E-state index is -0.916. The minimum absolute atomic E-state index is 0.146. The second-order valence-corrected chi connectivity index (χ2v) is 6.01. The largest absolute Gasteiger partial charge is 0.481 e. The molecule has 1 heterocycles. The molecule has 1 saturated heterocycles. The topological polar surface area (TPSA) is 101 Å². The Balaban J connectivity index is 2.25. The van der Waals surface area contributed by atoms with Crippen molar-refractivity contribution in [2.24, 2.45) is 5.92 Å². The Kier molecular flexibility index (Phi) is 4.76. The highest BCUT2D eigenvalue weighted by molar-refractivity contribution is 14.1. The molecule has 1 aromatic carbocycles. The van der Waals surface area contributed by atoms with E-state index in [1.807, 2.05) is 22.6 Å². The summed E-state index contributed by atoms with van der Waals surface area (Å²) in [6, 6.07) is 4.11. The van der Waals surface area contributed by atoms with Crippen LogP contribution in [0.3, 0.4) is 0 Å². The maximum Gasteiger partial charge on any atom is 0.308 e. The molecule has 1 aromatic rings. The highest BCUT2D eigenvalue weighted by Gasteiger charge is 2.29. The van der Waals surface area contributed by atoms with Gasteiger partial charge in [0.1, 0.15) is 0 Å². The Bertz CT molecular complexity index is 604. The number of carboxylic acids is 1. The van der Waals surface area contributed by atoms with Gasteiger partial charge in [-0.2, -0.15) is 0 Å². The van der Waals surface area contributed by atoms with Gasteiger partial charge in [0, 0.05) is 28.8 Å². The number of hydrogen-bond donors (Lipinski definition) is 1. The van der Waals surface area contributed by atoms with Gasteiger partial charge in [0.2, 0.25) is 0 Å². The summed E-state index contributed by atoms with van der Waals surface area (Å²) in [6.07, 6.45) is 1.17. The predicted molar refractivity (Wildman–Crippen MR) is 82.1 cm³/mol. The molecule has 112 valence electrons. The summed E-state index contributed by atoms with van der Waals surface area (Å²) in [4.78, 5) is 35.2.